The number of likely N-dealkylation sites (tertiary alicyclic amines) is 1. The van der Waals surface area contributed by atoms with Crippen molar-refractivity contribution in [3.8, 4) is 0 Å². The Bertz CT molecular complexity index is 211. The summed E-state index contributed by atoms with van der Waals surface area (Å²) >= 11 is 0. The van der Waals surface area contributed by atoms with E-state index in [9.17, 15) is 4.79 Å². The highest BCUT2D eigenvalue weighted by molar-refractivity contribution is 5.80. The maximum Gasteiger partial charge on any atom is 0.234 e. The van der Waals surface area contributed by atoms with Crippen LogP contribution >= 0.6 is 0 Å². The van der Waals surface area contributed by atoms with Crippen LogP contribution in [-0.2, 0) is 4.79 Å². The first-order valence-corrected chi connectivity index (χ1v) is 5.81. The third-order valence-electron chi connectivity index (χ3n) is 3.66. The van der Waals surface area contributed by atoms with E-state index in [0.29, 0.717) is 0 Å². The van der Waals surface area contributed by atoms with E-state index in [-0.39, 0.29) is 11.9 Å². The van der Waals surface area contributed by atoms with Crippen LogP contribution in [0.15, 0.2) is 0 Å². The third-order valence-corrected chi connectivity index (χ3v) is 3.66. The molecule has 2 rings (SSSR count). The predicted octanol–water partition coefficient (Wildman–Crippen LogP) is 1.13. The van der Waals surface area contributed by atoms with Crippen LogP contribution in [0.1, 0.15) is 38.5 Å². The van der Waals surface area contributed by atoms with Crippen LogP contribution in [0.3, 0.4) is 0 Å². The second-order valence-corrected chi connectivity index (χ2v) is 4.71. The van der Waals surface area contributed by atoms with Gasteiger partial charge in [0, 0.05) is 6.54 Å². The number of amides is 1. The summed E-state index contributed by atoms with van der Waals surface area (Å²) in [5, 5.41) is 0. The van der Waals surface area contributed by atoms with Crippen LogP contribution in [-0.4, -0.2) is 29.9 Å². The van der Waals surface area contributed by atoms with Crippen LogP contribution in [0, 0.1) is 5.92 Å². The van der Waals surface area contributed by atoms with Crippen LogP contribution in [0.5, 0.6) is 0 Å². The van der Waals surface area contributed by atoms with Gasteiger partial charge in [0.05, 0.1) is 6.04 Å². The lowest BCUT2D eigenvalue weighted by Crippen LogP contribution is -2.42. The Kier molecular flexibility index (Phi) is 3.06. The fraction of sp³-hybridized carbons (Fsp3) is 0.909. The van der Waals surface area contributed by atoms with E-state index in [2.05, 4.69) is 4.90 Å². The monoisotopic (exact) mass is 196 g/mol. The molecule has 2 aliphatic rings. The van der Waals surface area contributed by atoms with Gasteiger partial charge in [-0.05, 0) is 38.1 Å². The Morgan fingerprint density at radius 1 is 1.21 bits per heavy atom. The van der Waals surface area contributed by atoms with Gasteiger partial charge in [-0.1, -0.05) is 12.8 Å². The molecule has 3 nitrogen and oxygen atoms in total. The highest BCUT2D eigenvalue weighted by Crippen LogP contribution is 2.28. The second kappa shape index (κ2) is 4.30. The van der Waals surface area contributed by atoms with Crippen LogP contribution < -0.4 is 5.73 Å². The van der Waals surface area contributed by atoms with Gasteiger partial charge in [0.2, 0.25) is 5.91 Å². The molecule has 1 unspecified atom stereocenters. The Morgan fingerprint density at radius 2 is 1.93 bits per heavy atom. The standard InChI is InChI=1S/C11H20N2O/c12-11(14)10-6-3-7-13(10)8-9-4-1-2-5-9/h9-10H,1-8H2,(H2,12,14). The summed E-state index contributed by atoms with van der Waals surface area (Å²) < 4.78 is 0. The van der Waals surface area contributed by atoms with Gasteiger partial charge < -0.3 is 5.73 Å². The lowest BCUT2D eigenvalue weighted by atomic mass is 10.1. The van der Waals surface area contributed by atoms with Crippen LogP contribution in [0.2, 0.25) is 0 Å². The molecule has 2 N–H and O–H groups in total. The summed E-state index contributed by atoms with van der Waals surface area (Å²) in [6, 6.07) is 0.0376. The SMILES string of the molecule is NC(=O)C1CCCN1CC1CCCC1. The molecule has 1 heterocycles. The van der Waals surface area contributed by atoms with E-state index in [1.54, 1.807) is 0 Å². The molecule has 80 valence electrons. The molecule has 3 heteroatoms. The van der Waals surface area contributed by atoms with Gasteiger partial charge in [0.25, 0.3) is 0 Å². The van der Waals surface area contributed by atoms with Gasteiger partial charge in [-0.15, -0.1) is 0 Å². The first-order chi connectivity index (χ1) is 6.77. The predicted molar refractivity (Wildman–Crippen MR) is 55.7 cm³/mol. The molecule has 1 saturated heterocycles. The zero-order valence-electron chi connectivity index (χ0n) is 8.74. The molecule has 0 aromatic heterocycles. The minimum absolute atomic E-state index is 0.0376. The summed E-state index contributed by atoms with van der Waals surface area (Å²) in [5.74, 6) is 0.704. The largest absolute Gasteiger partial charge is 0.368 e. The van der Waals surface area contributed by atoms with Gasteiger partial charge >= 0.3 is 0 Å². The first-order valence-electron chi connectivity index (χ1n) is 5.81. The number of primary amides is 1. The summed E-state index contributed by atoms with van der Waals surface area (Å²) in [7, 11) is 0. The van der Waals surface area contributed by atoms with E-state index in [1.165, 1.54) is 25.7 Å². The van der Waals surface area contributed by atoms with Crippen molar-refractivity contribution in [3.05, 3.63) is 0 Å². The zero-order valence-corrected chi connectivity index (χ0v) is 8.74. The number of rotatable bonds is 3. The molecule has 1 aliphatic heterocycles. The maximum atomic E-state index is 11.2. The molecular formula is C11H20N2O. The second-order valence-electron chi connectivity index (χ2n) is 4.71. The lowest BCUT2D eigenvalue weighted by molar-refractivity contribution is -0.122. The molecule has 0 spiro atoms. The number of hydrogen-bond acceptors (Lipinski definition) is 2. The lowest BCUT2D eigenvalue weighted by Gasteiger charge is -2.24. The highest BCUT2D eigenvalue weighted by atomic mass is 16.1. The highest BCUT2D eigenvalue weighted by Gasteiger charge is 2.31. The van der Waals surface area contributed by atoms with E-state index in [0.717, 1.165) is 31.8 Å². The normalized spacial score (nSPS) is 29.9. The Morgan fingerprint density at radius 3 is 2.57 bits per heavy atom. The van der Waals surface area contributed by atoms with Crippen molar-refractivity contribution in [2.24, 2.45) is 11.7 Å². The van der Waals surface area contributed by atoms with E-state index >= 15 is 0 Å². The summed E-state index contributed by atoms with van der Waals surface area (Å²) in [5.41, 5.74) is 5.38. The molecule has 1 saturated carbocycles. The minimum atomic E-state index is -0.125. The molecule has 1 amide bonds. The van der Waals surface area contributed by atoms with Crippen molar-refractivity contribution in [1.29, 1.82) is 0 Å². The molecule has 1 atom stereocenters. The Labute approximate surface area is 85.6 Å². The molecule has 1 aliphatic carbocycles. The molecule has 14 heavy (non-hydrogen) atoms. The topological polar surface area (TPSA) is 46.3 Å². The maximum absolute atomic E-state index is 11.2. The van der Waals surface area contributed by atoms with Gasteiger partial charge in [0.15, 0.2) is 0 Å². The van der Waals surface area contributed by atoms with Crippen molar-refractivity contribution >= 4 is 5.91 Å². The molecular weight excluding hydrogens is 176 g/mol. The average Bonchev–Trinajstić information content (AvgIpc) is 2.75. The molecule has 0 bridgehead atoms. The fourth-order valence-corrected chi connectivity index (χ4v) is 2.89. The molecule has 0 aromatic rings. The van der Waals surface area contributed by atoms with Crippen molar-refractivity contribution in [2.75, 3.05) is 13.1 Å². The number of carbonyl (C=O) groups is 1. The number of nitrogens with zero attached hydrogens (tertiary/aromatic N) is 1. The van der Waals surface area contributed by atoms with Crippen molar-refractivity contribution in [3.63, 3.8) is 0 Å². The van der Waals surface area contributed by atoms with Gasteiger partial charge in [-0.25, -0.2) is 0 Å². The van der Waals surface area contributed by atoms with E-state index < -0.39 is 0 Å². The van der Waals surface area contributed by atoms with Gasteiger partial charge in [0.1, 0.15) is 0 Å². The smallest absolute Gasteiger partial charge is 0.234 e. The Balaban J connectivity index is 1.86. The number of nitrogens with two attached hydrogens (primary N) is 1. The average molecular weight is 196 g/mol. The fourth-order valence-electron chi connectivity index (χ4n) is 2.89. The number of carbonyl (C=O) groups excluding carboxylic acids is 1. The Hall–Kier alpha value is -0.570. The quantitative estimate of drug-likeness (QED) is 0.735. The number of hydrogen-bond donors (Lipinski definition) is 1. The van der Waals surface area contributed by atoms with Crippen LogP contribution in [0.25, 0.3) is 0 Å². The molecule has 0 aromatic carbocycles. The first kappa shape index (κ1) is 9.97. The minimum Gasteiger partial charge on any atom is -0.368 e. The van der Waals surface area contributed by atoms with Crippen molar-refractivity contribution in [1.82, 2.24) is 4.90 Å². The zero-order chi connectivity index (χ0) is 9.97. The summed E-state index contributed by atoms with van der Waals surface area (Å²) in [6.45, 7) is 2.18. The van der Waals surface area contributed by atoms with Crippen molar-refractivity contribution < 1.29 is 4.79 Å². The van der Waals surface area contributed by atoms with E-state index in [4.69, 9.17) is 5.73 Å². The molecule has 2 fully saturated rings. The van der Waals surface area contributed by atoms with Crippen molar-refractivity contribution in [2.45, 2.75) is 44.6 Å². The van der Waals surface area contributed by atoms with Gasteiger partial charge in [-0.3, -0.25) is 9.69 Å². The van der Waals surface area contributed by atoms with Crippen LogP contribution in [0.4, 0.5) is 0 Å². The van der Waals surface area contributed by atoms with E-state index in [1.807, 2.05) is 0 Å². The molecule has 0 radical (unpaired) electrons. The van der Waals surface area contributed by atoms with Gasteiger partial charge in [-0.2, -0.15) is 0 Å². The summed E-state index contributed by atoms with van der Waals surface area (Å²) in [6.07, 6.45) is 7.56. The third kappa shape index (κ3) is 2.08. The summed E-state index contributed by atoms with van der Waals surface area (Å²) in [4.78, 5) is 13.5.